The number of halogens is 2. The summed E-state index contributed by atoms with van der Waals surface area (Å²) < 4.78 is 29.7. The number of sulfonamides is 1. The van der Waals surface area contributed by atoms with Crippen molar-refractivity contribution in [3.63, 3.8) is 0 Å². The Bertz CT molecular complexity index is 823. The molecule has 0 bridgehead atoms. The molecule has 1 aromatic carbocycles. The summed E-state index contributed by atoms with van der Waals surface area (Å²) in [4.78, 5) is 4.58. The van der Waals surface area contributed by atoms with Crippen LogP contribution in [-0.2, 0) is 17.1 Å². The summed E-state index contributed by atoms with van der Waals surface area (Å²) in [6, 6.07) is 4.63. The van der Waals surface area contributed by atoms with E-state index >= 15 is 0 Å². The van der Waals surface area contributed by atoms with E-state index in [1.165, 1.54) is 4.31 Å². The Labute approximate surface area is 153 Å². The minimum Gasteiger partial charge on any atom is -0.337 e. The van der Waals surface area contributed by atoms with Crippen molar-refractivity contribution in [2.24, 2.45) is 7.05 Å². The van der Waals surface area contributed by atoms with E-state index in [9.17, 15) is 8.42 Å². The van der Waals surface area contributed by atoms with Crippen molar-refractivity contribution in [3.8, 4) is 0 Å². The van der Waals surface area contributed by atoms with E-state index in [0.717, 1.165) is 5.82 Å². The predicted octanol–water partition coefficient (Wildman–Crippen LogP) is 2.14. The molecule has 1 atom stereocenters. The van der Waals surface area contributed by atoms with Crippen LogP contribution in [0.5, 0.6) is 0 Å². The molecule has 1 saturated heterocycles. The van der Waals surface area contributed by atoms with E-state index < -0.39 is 10.0 Å². The highest BCUT2D eigenvalue weighted by Gasteiger charge is 2.37. The van der Waals surface area contributed by atoms with Gasteiger partial charge in [-0.05, 0) is 24.6 Å². The quantitative estimate of drug-likeness (QED) is 0.871. The summed E-state index contributed by atoms with van der Waals surface area (Å²) >= 11 is 6.11. The van der Waals surface area contributed by atoms with Gasteiger partial charge < -0.3 is 9.88 Å². The number of hydrogen-bond donors (Lipinski definition) is 1. The Balaban J connectivity index is 0.00000208. The Morgan fingerprint density at radius 1 is 1.38 bits per heavy atom. The average molecular weight is 391 g/mol. The molecule has 2 aromatic rings. The van der Waals surface area contributed by atoms with Gasteiger partial charge >= 0.3 is 0 Å². The monoisotopic (exact) mass is 390 g/mol. The molecule has 1 fully saturated rings. The van der Waals surface area contributed by atoms with Gasteiger partial charge in [0.05, 0.1) is 10.9 Å². The number of rotatable bonds is 3. The molecule has 1 aliphatic rings. The SMILES string of the molecule is Cc1c(Cl)cccc1S(=O)(=O)N1CCNCC1c1nccn1C.Cl. The lowest BCUT2D eigenvalue weighted by Crippen LogP contribution is -2.49. The van der Waals surface area contributed by atoms with Crippen LogP contribution in [-0.4, -0.2) is 41.9 Å². The second-order valence-corrected chi connectivity index (χ2v) is 7.86. The standard InChI is InChI=1S/C15H19ClN4O2S.ClH/c1-11-12(16)4-3-5-14(11)23(21,22)20-9-6-17-10-13(20)15-18-7-8-19(15)2;/h3-5,7-8,13,17H,6,9-10H2,1-2H3;1H. The van der Waals surface area contributed by atoms with Crippen molar-refractivity contribution in [2.75, 3.05) is 19.6 Å². The van der Waals surface area contributed by atoms with Crippen molar-refractivity contribution < 1.29 is 8.42 Å². The normalized spacial score (nSPS) is 19.0. The minimum atomic E-state index is -3.65. The topological polar surface area (TPSA) is 67.2 Å². The summed E-state index contributed by atoms with van der Waals surface area (Å²) in [5, 5.41) is 3.70. The fourth-order valence-electron chi connectivity index (χ4n) is 2.89. The fraction of sp³-hybridized carbons (Fsp3) is 0.400. The van der Waals surface area contributed by atoms with Crippen molar-refractivity contribution in [1.29, 1.82) is 0 Å². The van der Waals surface area contributed by atoms with E-state index in [1.807, 2.05) is 17.8 Å². The molecular weight excluding hydrogens is 371 g/mol. The Hall–Kier alpha value is -1.12. The molecule has 24 heavy (non-hydrogen) atoms. The second-order valence-electron chi connectivity index (χ2n) is 5.59. The lowest BCUT2D eigenvalue weighted by atomic mass is 10.2. The van der Waals surface area contributed by atoms with Gasteiger partial charge in [0.2, 0.25) is 10.0 Å². The van der Waals surface area contributed by atoms with Crippen molar-refractivity contribution in [2.45, 2.75) is 17.9 Å². The van der Waals surface area contributed by atoms with Gasteiger partial charge in [-0.15, -0.1) is 12.4 Å². The first-order valence-corrected chi connectivity index (χ1v) is 9.19. The molecular formula is C15H20Cl2N4O2S. The molecule has 0 saturated carbocycles. The van der Waals surface area contributed by atoms with Gasteiger partial charge in [-0.3, -0.25) is 0 Å². The maximum Gasteiger partial charge on any atom is 0.244 e. The summed E-state index contributed by atoms with van der Waals surface area (Å²) in [6.07, 6.45) is 3.50. The largest absolute Gasteiger partial charge is 0.337 e. The molecule has 3 rings (SSSR count). The molecule has 2 heterocycles. The predicted molar refractivity (Wildman–Crippen MR) is 96.1 cm³/mol. The summed E-state index contributed by atoms with van der Waals surface area (Å²) in [7, 11) is -1.78. The summed E-state index contributed by atoms with van der Waals surface area (Å²) in [5.41, 5.74) is 0.575. The zero-order valence-corrected chi connectivity index (χ0v) is 15.8. The fourth-order valence-corrected chi connectivity index (χ4v) is 4.95. The molecule has 1 aromatic heterocycles. The average Bonchev–Trinajstić information content (AvgIpc) is 2.96. The summed E-state index contributed by atoms with van der Waals surface area (Å²) in [6.45, 7) is 3.27. The highest BCUT2D eigenvalue weighted by molar-refractivity contribution is 7.89. The van der Waals surface area contributed by atoms with Crippen molar-refractivity contribution >= 4 is 34.0 Å². The number of hydrogen-bond acceptors (Lipinski definition) is 4. The van der Waals surface area contributed by atoms with Crippen LogP contribution in [0.2, 0.25) is 5.02 Å². The molecule has 0 aliphatic carbocycles. The highest BCUT2D eigenvalue weighted by atomic mass is 35.5. The van der Waals surface area contributed by atoms with E-state index in [-0.39, 0.29) is 23.3 Å². The van der Waals surface area contributed by atoms with Crippen LogP contribution >= 0.6 is 24.0 Å². The number of aromatic nitrogens is 2. The molecule has 1 N–H and O–H groups in total. The maximum absolute atomic E-state index is 13.2. The second kappa shape index (κ2) is 7.41. The summed E-state index contributed by atoms with van der Waals surface area (Å²) in [5.74, 6) is 0.723. The molecule has 1 unspecified atom stereocenters. The van der Waals surface area contributed by atoms with Gasteiger partial charge in [-0.2, -0.15) is 4.31 Å². The van der Waals surface area contributed by atoms with E-state index in [1.54, 1.807) is 31.3 Å². The first-order valence-electron chi connectivity index (χ1n) is 7.38. The van der Waals surface area contributed by atoms with E-state index in [4.69, 9.17) is 11.6 Å². The van der Waals surface area contributed by atoms with Crippen molar-refractivity contribution in [3.05, 3.63) is 47.0 Å². The first-order chi connectivity index (χ1) is 10.9. The van der Waals surface area contributed by atoms with Gasteiger partial charge in [0.25, 0.3) is 0 Å². The molecule has 0 amide bonds. The van der Waals surface area contributed by atoms with Crippen LogP contribution in [0.25, 0.3) is 0 Å². The third-order valence-corrected chi connectivity index (χ3v) is 6.62. The van der Waals surface area contributed by atoms with Crippen LogP contribution in [0.4, 0.5) is 0 Å². The van der Waals surface area contributed by atoms with Gasteiger partial charge in [-0.25, -0.2) is 13.4 Å². The first kappa shape index (κ1) is 19.2. The van der Waals surface area contributed by atoms with Crippen LogP contribution in [0.3, 0.4) is 0 Å². The number of nitrogens with zero attached hydrogens (tertiary/aromatic N) is 3. The maximum atomic E-state index is 13.2. The van der Waals surface area contributed by atoms with Crippen LogP contribution < -0.4 is 5.32 Å². The zero-order chi connectivity index (χ0) is 16.6. The van der Waals surface area contributed by atoms with Gasteiger partial charge in [0, 0.05) is 44.1 Å². The Morgan fingerprint density at radius 3 is 2.79 bits per heavy atom. The number of benzene rings is 1. The van der Waals surface area contributed by atoms with Gasteiger partial charge in [-0.1, -0.05) is 17.7 Å². The molecule has 0 radical (unpaired) electrons. The lowest BCUT2D eigenvalue weighted by Gasteiger charge is -2.35. The molecule has 9 heteroatoms. The van der Waals surface area contributed by atoms with E-state index in [0.29, 0.717) is 30.2 Å². The van der Waals surface area contributed by atoms with E-state index in [2.05, 4.69) is 10.3 Å². The number of piperazine rings is 1. The molecule has 0 spiro atoms. The number of imidazole rings is 1. The Kier molecular flexibility index (Phi) is 5.93. The third kappa shape index (κ3) is 3.32. The van der Waals surface area contributed by atoms with Crippen LogP contribution in [0.1, 0.15) is 17.4 Å². The lowest BCUT2D eigenvalue weighted by molar-refractivity contribution is 0.258. The molecule has 6 nitrogen and oxygen atoms in total. The molecule has 1 aliphatic heterocycles. The number of nitrogens with one attached hydrogen (secondary N) is 1. The van der Waals surface area contributed by atoms with Crippen LogP contribution in [0.15, 0.2) is 35.5 Å². The van der Waals surface area contributed by atoms with Crippen molar-refractivity contribution in [1.82, 2.24) is 19.2 Å². The van der Waals surface area contributed by atoms with Crippen LogP contribution in [0, 0.1) is 6.92 Å². The third-order valence-electron chi connectivity index (χ3n) is 4.16. The Morgan fingerprint density at radius 2 is 2.12 bits per heavy atom. The highest BCUT2D eigenvalue weighted by Crippen LogP contribution is 2.31. The van der Waals surface area contributed by atoms with Gasteiger partial charge in [0.15, 0.2) is 0 Å². The minimum absolute atomic E-state index is 0. The zero-order valence-electron chi connectivity index (χ0n) is 13.4. The smallest absolute Gasteiger partial charge is 0.244 e. The number of aryl methyl sites for hydroxylation is 1. The molecule has 132 valence electrons. The van der Waals surface area contributed by atoms with Gasteiger partial charge in [0.1, 0.15) is 5.82 Å².